The summed E-state index contributed by atoms with van der Waals surface area (Å²) in [5.41, 5.74) is 0. The van der Waals surface area contributed by atoms with Crippen LogP contribution in [0.1, 0.15) is 5.89 Å². The van der Waals surface area contributed by atoms with Crippen molar-refractivity contribution < 1.29 is 8.81 Å². The lowest BCUT2D eigenvalue weighted by Crippen LogP contribution is -2.48. The summed E-state index contributed by atoms with van der Waals surface area (Å²) in [6.07, 6.45) is -0.734. The van der Waals surface area contributed by atoms with E-state index in [1.807, 2.05) is 0 Å². The van der Waals surface area contributed by atoms with Gasteiger partial charge in [-0.25, -0.2) is 4.39 Å². The van der Waals surface area contributed by atoms with Crippen molar-refractivity contribution in [2.45, 2.75) is 13.1 Å². The standard InChI is InChI=1S/C6H8FN3O/c1-4-8-9-6(11-4)10-2-5(7)3-10/h5H,2-3H2,1H3. The van der Waals surface area contributed by atoms with Crippen LogP contribution in [0.5, 0.6) is 0 Å². The highest BCUT2D eigenvalue weighted by Crippen LogP contribution is 2.19. The SMILES string of the molecule is Cc1nnc(N2CC(F)C2)o1. The topological polar surface area (TPSA) is 42.2 Å². The summed E-state index contributed by atoms with van der Waals surface area (Å²) in [5.74, 6) is 0.516. The zero-order valence-electron chi connectivity index (χ0n) is 6.12. The monoisotopic (exact) mass is 157 g/mol. The van der Waals surface area contributed by atoms with Gasteiger partial charge in [0.05, 0.1) is 13.1 Å². The summed E-state index contributed by atoms with van der Waals surface area (Å²) < 4.78 is 17.4. The second-order valence-corrected chi connectivity index (χ2v) is 2.61. The van der Waals surface area contributed by atoms with E-state index in [9.17, 15) is 4.39 Å². The van der Waals surface area contributed by atoms with Gasteiger partial charge in [0, 0.05) is 6.92 Å². The highest BCUT2D eigenvalue weighted by atomic mass is 19.1. The van der Waals surface area contributed by atoms with Crippen molar-refractivity contribution in [1.29, 1.82) is 0 Å². The van der Waals surface area contributed by atoms with E-state index in [4.69, 9.17) is 4.42 Å². The van der Waals surface area contributed by atoms with Crippen LogP contribution in [0.3, 0.4) is 0 Å². The average Bonchev–Trinajstić information content (AvgIpc) is 2.29. The maximum Gasteiger partial charge on any atom is 0.318 e. The van der Waals surface area contributed by atoms with Crippen molar-refractivity contribution in [2.75, 3.05) is 18.0 Å². The number of rotatable bonds is 1. The Kier molecular flexibility index (Phi) is 1.30. The molecular weight excluding hydrogens is 149 g/mol. The molecule has 4 nitrogen and oxygen atoms in total. The first kappa shape index (κ1) is 6.57. The molecule has 1 aromatic rings. The predicted octanol–water partition coefficient (Wildman–Crippen LogP) is 0.536. The van der Waals surface area contributed by atoms with E-state index >= 15 is 0 Å². The molecule has 0 N–H and O–H groups in total. The molecule has 60 valence electrons. The summed E-state index contributed by atoms with van der Waals surface area (Å²) >= 11 is 0. The van der Waals surface area contributed by atoms with Gasteiger partial charge in [-0.3, -0.25) is 0 Å². The van der Waals surface area contributed by atoms with Gasteiger partial charge in [-0.1, -0.05) is 5.10 Å². The normalized spacial score (nSPS) is 18.5. The Labute approximate surface area is 63.0 Å². The average molecular weight is 157 g/mol. The summed E-state index contributed by atoms with van der Waals surface area (Å²) in [4.78, 5) is 1.71. The van der Waals surface area contributed by atoms with Crippen LogP contribution >= 0.6 is 0 Å². The maximum atomic E-state index is 12.3. The van der Waals surface area contributed by atoms with Crippen LogP contribution in [0.15, 0.2) is 4.42 Å². The van der Waals surface area contributed by atoms with Gasteiger partial charge in [0.15, 0.2) is 0 Å². The zero-order valence-corrected chi connectivity index (χ0v) is 6.12. The first-order chi connectivity index (χ1) is 5.25. The Bertz CT molecular complexity index is 256. The minimum atomic E-state index is -0.734. The fourth-order valence-corrected chi connectivity index (χ4v) is 0.995. The van der Waals surface area contributed by atoms with E-state index in [0.29, 0.717) is 25.0 Å². The van der Waals surface area contributed by atoms with Gasteiger partial charge in [-0.15, -0.1) is 5.10 Å². The van der Waals surface area contributed by atoms with Crippen LogP contribution in [0.25, 0.3) is 0 Å². The molecule has 0 amide bonds. The Balaban J connectivity index is 2.07. The second kappa shape index (κ2) is 2.18. The molecule has 0 spiro atoms. The van der Waals surface area contributed by atoms with Gasteiger partial charge >= 0.3 is 6.01 Å². The largest absolute Gasteiger partial charge is 0.408 e. The molecule has 1 fully saturated rings. The lowest BCUT2D eigenvalue weighted by molar-refractivity contribution is 0.262. The Morgan fingerprint density at radius 2 is 2.27 bits per heavy atom. The molecule has 1 saturated heterocycles. The number of aromatic nitrogens is 2. The quantitative estimate of drug-likeness (QED) is 0.596. The van der Waals surface area contributed by atoms with Crippen LogP contribution in [-0.2, 0) is 0 Å². The number of halogens is 1. The molecular formula is C6H8FN3O. The first-order valence-corrected chi connectivity index (χ1v) is 3.45. The van der Waals surface area contributed by atoms with Gasteiger partial charge < -0.3 is 9.32 Å². The molecule has 2 heterocycles. The van der Waals surface area contributed by atoms with E-state index < -0.39 is 6.17 Å². The Morgan fingerprint density at radius 3 is 2.73 bits per heavy atom. The number of alkyl halides is 1. The van der Waals surface area contributed by atoms with Gasteiger partial charge in [0.25, 0.3) is 0 Å². The molecule has 11 heavy (non-hydrogen) atoms. The smallest absolute Gasteiger partial charge is 0.318 e. The van der Waals surface area contributed by atoms with Crippen LogP contribution in [-0.4, -0.2) is 29.5 Å². The van der Waals surface area contributed by atoms with Gasteiger partial charge in [-0.05, 0) is 0 Å². The van der Waals surface area contributed by atoms with Crippen molar-refractivity contribution >= 4 is 6.01 Å². The van der Waals surface area contributed by atoms with Gasteiger partial charge in [0.2, 0.25) is 5.89 Å². The van der Waals surface area contributed by atoms with Crippen molar-refractivity contribution in [3.63, 3.8) is 0 Å². The molecule has 0 atom stereocenters. The van der Waals surface area contributed by atoms with Gasteiger partial charge in [0.1, 0.15) is 6.17 Å². The Hall–Kier alpha value is -1.13. The molecule has 0 saturated carbocycles. The highest BCUT2D eigenvalue weighted by Gasteiger charge is 2.29. The fraction of sp³-hybridized carbons (Fsp3) is 0.667. The number of nitrogens with zero attached hydrogens (tertiary/aromatic N) is 3. The summed E-state index contributed by atoms with van der Waals surface area (Å²) in [6, 6.07) is 0.427. The number of hydrogen-bond donors (Lipinski definition) is 0. The lowest BCUT2D eigenvalue weighted by Gasteiger charge is -2.32. The van der Waals surface area contributed by atoms with Crippen molar-refractivity contribution in [3.8, 4) is 0 Å². The first-order valence-electron chi connectivity index (χ1n) is 3.45. The van der Waals surface area contributed by atoms with E-state index in [0.717, 1.165) is 0 Å². The molecule has 0 aromatic carbocycles. The summed E-state index contributed by atoms with van der Waals surface area (Å²) in [5, 5.41) is 7.38. The Morgan fingerprint density at radius 1 is 1.55 bits per heavy atom. The molecule has 5 heteroatoms. The highest BCUT2D eigenvalue weighted by molar-refractivity contribution is 5.29. The number of anilines is 1. The van der Waals surface area contributed by atoms with E-state index in [-0.39, 0.29) is 0 Å². The van der Waals surface area contributed by atoms with Crippen molar-refractivity contribution in [1.82, 2.24) is 10.2 Å². The molecule has 0 unspecified atom stereocenters. The molecule has 0 bridgehead atoms. The molecule has 2 rings (SSSR count). The second-order valence-electron chi connectivity index (χ2n) is 2.61. The minimum absolute atomic E-state index is 0.377. The molecule has 1 aliphatic heterocycles. The molecule has 1 aromatic heterocycles. The third-order valence-electron chi connectivity index (χ3n) is 1.62. The maximum absolute atomic E-state index is 12.3. The predicted molar refractivity (Wildman–Crippen MR) is 36.1 cm³/mol. The van der Waals surface area contributed by atoms with E-state index in [1.54, 1.807) is 11.8 Å². The minimum Gasteiger partial charge on any atom is -0.408 e. The summed E-state index contributed by atoms with van der Waals surface area (Å²) in [7, 11) is 0. The number of aryl methyl sites for hydroxylation is 1. The lowest BCUT2D eigenvalue weighted by atomic mass is 10.2. The van der Waals surface area contributed by atoms with Crippen molar-refractivity contribution in [2.24, 2.45) is 0 Å². The third-order valence-corrected chi connectivity index (χ3v) is 1.62. The van der Waals surface area contributed by atoms with Crippen LogP contribution in [0.2, 0.25) is 0 Å². The van der Waals surface area contributed by atoms with Crippen molar-refractivity contribution in [3.05, 3.63) is 5.89 Å². The zero-order chi connectivity index (χ0) is 7.84. The number of hydrogen-bond acceptors (Lipinski definition) is 4. The van der Waals surface area contributed by atoms with Crippen LogP contribution < -0.4 is 4.90 Å². The molecule has 1 aliphatic rings. The fourth-order valence-electron chi connectivity index (χ4n) is 0.995. The van der Waals surface area contributed by atoms with E-state index in [1.165, 1.54) is 0 Å². The van der Waals surface area contributed by atoms with E-state index in [2.05, 4.69) is 10.2 Å². The van der Waals surface area contributed by atoms with Crippen LogP contribution in [0.4, 0.5) is 10.4 Å². The van der Waals surface area contributed by atoms with Gasteiger partial charge in [-0.2, -0.15) is 0 Å². The summed E-state index contributed by atoms with van der Waals surface area (Å²) in [6.45, 7) is 2.46. The van der Waals surface area contributed by atoms with Crippen LogP contribution in [0, 0.1) is 6.92 Å². The molecule has 0 aliphatic carbocycles. The molecule has 0 radical (unpaired) electrons. The third kappa shape index (κ3) is 1.06.